The number of rotatable bonds is 5. The van der Waals surface area contributed by atoms with Gasteiger partial charge in [0.1, 0.15) is 3.57 Å². The zero-order valence-corrected chi connectivity index (χ0v) is 13.5. The maximum Gasteiger partial charge on any atom is 0.266 e. The topological polar surface area (TPSA) is 75.0 Å². The van der Waals surface area contributed by atoms with Gasteiger partial charge in [-0.3, -0.25) is 4.79 Å². The minimum Gasteiger partial charge on any atom is -0.393 e. The number of nitrogens with two attached hydrogens (primary N) is 1. The van der Waals surface area contributed by atoms with Gasteiger partial charge in [0.25, 0.3) is 5.56 Å². The van der Waals surface area contributed by atoms with Crippen molar-refractivity contribution < 1.29 is 0 Å². The number of thiocarbonyl (C=S) groups is 1. The van der Waals surface area contributed by atoms with Crippen LogP contribution in [-0.2, 0) is 0 Å². The second-order valence-corrected chi connectivity index (χ2v) is 5.68. The average Bonchev–Trinajstić information content (AvgIpc) is 2.44. The molecule has 0 aliphatic carbocycles. The van der Waals surface area contributed by atoms with Crippen LogP contribution in [0.3, 0.4) is 0 Å². The lowest BCUT2D eigenvalue weighted by Crippen LogP contribution is -2.27. The van der Waals surface area contributed by atoms with Crippen molar-refractivity contribution in [2.45, 2.75) is 6.42 Å². The minimum absolute atomic E-state index is 0.160. The van der Waals surface area contributed by atoms with E-state index in [1.54, 1.807) is 0 Å². The van der Waals surface area contributed by atoms with Crippen molar-refractivity contribution in [2.75, 3.05) is 11.4 Å². The van der Waals surface area contributed by atoms with E-state index in [-0.39, 0.29) is 5.56 Å². The van der Waals surface area contributed by atoms with Crippen molar-refractivity contribution in [1.82, 2.24) is 9.97 Å². The zero-order valence-electron chi connectivity index (χ0n) is 10.5. The monoisotopic (exact) mass is 400 g/mol. The van der Waals surface area contributed by atoms with Crippen LogP contribution in [0.4, 0.5) is 11.5 Å². The summed E-state index contributed by atoms with van der Waals surface area (Å²) in [5, 5.41) is 0. The maximum absolute atomic E-state index is 11.7. The molecular formula is C13H13IN4OS. The molecule has 1 aromatic heterocycles. The summed E-state index contributed by atoms with van der Waals surface area (Å²) in [5.74, 6) is 0.608. The van der Waals surface area contributed by atoms with E-state index < -0.39 is 0 Å². The van der Waals surface area contributed by atoms with Crippen LogP contribution in [0.2, 0.25) is 0 Å². The summed E-state index contributed by atoms with van der Waals surface area (Å²) in [5.41, 5.74) is 6.36. The van der Waals surface area contributed by atoms with Crippen LogP contribution in [0.25, 0.3) is 0 Å². The fourth-order valence-corrected chi connectivity index (χ4v) is 2.43. The van der Waals surface area contributed by atoms with Gasteiger partial charge < -0.3 is 15.6 Å². The number of nitrogens with one attached hydrogen (secondary N) is 1. The number of hydrogen-bond donors (Lipinski definition) is 2. The van der Waals surface area contributed by atoms with Crippen LogP contribution in [0.1, 0.15) is 6.42 Å². The van der Waals surface area contributed by atoms with Gasteiger partial charge in [-0.25, -0.2) is 4.98 Å². The first kappa shape index (κ1) is 14.9. The number of nitrogens with zero attached hydrogens (tertiary/aromatic N) is 2. The van der Waals surface area contributed by atoms with Gasteiger partial charge in [-0.15, -0.1) is 0 Å². The van der Waals surface area contributed by atoms with Crippen LogP contribution < -0.4 is 16.2 Å². The van der Waals surface area contributed by atoms with E-state index in [0.717, 1.165) is 5.69 Å². The molecule has 0 aliphatic heterocycles. The van der Waals surface area contributed by atoms with Crippen molar-refractivity contribution >= 4 is 51.3 Å². The second-order valence-electron chi connectivity index (χ2n) is 4.07. The molecule has 2 aromatic rings. The highest BCUT2D eigenvalue weighted by Crippen LogP contribution is 2.25. The molecule has 7 heteroatoms. The molecule has 20 heavy (non-hydrogen) atoms. The van der Waals surface area contributed by atoms with E-state index >= 15 is 0 Å². The van der Waals surface area contributed by atoms with Gasteiger partial charge in [0, 0.05) is 18.7 Å². The van der Waals surface area contributed by atoms with Crippen LogP contribution >= 0.6 is 34.8 Å². The van der Waals surface area contributed by atoms with E-state index in [1.165, 1.54) is 6.33 Å². The largest absolute Gasteiger partial charge is 0.393 e. The Morgan fingerprint density at radius 2 is 2.10 bits per heavy atom. The quantitative estimate of drug-likeness (QED) is 0.595. The SMILES string of the molecule is NC(=S)CCN(c1ccccc1)c1nc[nH]c(=O)c1I. The summed E-state index contributed by atoms with van der Waals surface area (Å²) in [6.07, 6.45) is 1.95. The number of aromatic nitrogens is 2. The molecular weight excluding hydrogens is 387 g/mol. The molecule has 0 spiro atoms. The molecule has 0 radical (unpaired) electrons. The molecule has 1 heterocycles. The predicted molar refractivity (Wildman–Crippen MR) is 92.4 cm³/mol. The smallest absolute Gasteiger partial charge is 0.266 e. The number of benzene rings is 1. The summed E-state index contributed by atoms with van der Waals surface area (Å²) in [4.78, 5) is 20.9. The van der Waals surface area contributed by atoms with Crippen LogP contribution in [-0.4, -0.2) is 21.5 Å². The molecule has 0 amide bonds. The predicted octanol–water partition coefficient (Wildman–Crippen LogP) is 2.19. The Morgan fingerprint density at radius 1 is 1.40 bits per heavy atom. The maximum atomic E-state index is 11.7. The Labute approximate surface area is 135 Å². The fraction of sp³-hybridized carbons (Fsp3) is 0.154. The third kappa shape index (κ3) is 3.54. The fourth-order valence-electron chi connectivity index (χ4n) is 1.75. The normalized spacial score (nSPS) is 10.2. The third-order valence-corrected chi connectivity index (χ3v) is 3.86. The third-order valence-electron chi connectivity index (χ3n) is 2.68. The molecule has 0 saturated carbocycles. The molecule has 0 fully saturated rings. The molecule has 0 bridgehead atoms. The summed E-state index contributed by atoms with van der Waals surface area (Å²) in [6.45, 7) is 0.575. The lowest BCUT2D eigenvalue weighted by atomic mass is 10.2. The summed E-state index contributed by atoms with van der Waals surface area (Å²) >= 11 is 6.93. The van der Waals surface area contributed by atoms with Gasteiger partial charge in [0.15, 0.2) is 5.82 Å². The first-order valence-corrected chi connectivity index (χ1v) is 7.42. The van der Waals surface area contributed by atoms with E-state index in [0.29, 0.717) is 27.3 Å². The first-order valence-electron chi connectivity index (χ1n) is 5.93. The number of hydrogen-bond acceptors (Lipinski definition) is 4. The van der Waals surface area contributed by atoms with Gasteiger partial charge in [-0.1, -0.05) is 30.4 Å². The molecule has 0 aliphatic rings. The summed E-state index contributed by atoms with van der Waals surface area (Å²) < 4.78 is 0.539. The molecule has 1 aromatic carbocycles. The average molecular weight is 400 g/mol. The molecule has 5 nitrogen and oxygen atoms in total. The first-order chi connectivity index (χ1) is 9.59. The summed E-state index contributed by atoms with van der Waals surface area (Å²) in [6, 6.07) is 9.72. The second kappa shape index (κ2) is 6.80. The van der Waals surface area contributed by atoms with Crippen molar-refractivity contribution in [3.63, 3.8) is 0 Å². The van der Waals surface area contributed by atoms with Gasteiger partial charge in [-0.05, 0) is 34.7 Å². The van der Waals surface area contributed by atoms with E-state index in [1.807, 2.05) is 57.8 Å². The van der Waals surface area contributed by atoms with Gasteiger partial charge in [-0.2, -0.15) is 0 Å². The Balaban J connectivity index is 2.43. The number of para-hydroxylation sites is 1. The van der Waals surface area contributed by atoms with E-state index in [4.69, 9.17) is 18.0 Å². The standard InChI is InChI=1S/C13H13IN4OS/c14-11-12(16-8-17-13(11)19)18(7-6-10(15)20)9-4-2-1-3-5-9/h1-5,8H,6-7H2,(H2,15,20)(H,16,17,19). The highest BCUT2D eigenvalue weighted by atomic mass is 127. The van der Waals surface area contributed by atoms with Crippen molar-refractivity contribution in [3.05, 3.63) is 50.6 Å². The van der Waals surface area contributed by atoms with Crippen LogP contribution in [0.15, 0.2) is 41.5 Å². The molecule has 0 unspecified atom stereocenters. The summed E-state index contributed by atoms with van der Waals surface area (Å²) in [7, 11) is 0. The van der Waals surface area contributed by atoms with Crippen molar-refractivity contribution in [1.29, 1.82) is 0 Å². The number of aromatic amines is 1. The Bertz CT molecular complexity index is 659. The lowest BCUT2D eigenvalue weighted by molar-refractivity contribution is 0.923. The number of H-pyrrole nitrogens is 1. The molecule has 3 N–H and O–H groups in total. The van der Waals surface area contributed by atoms with Gasteiger partial charge >= 0.3 is 0 Å². The minimum atomic E-state index is -0.160. The highest BCUT2D eigenvalue weighted by Gasteiger charge is 2.15. The van der Waals surface area contributed by atoms with Gasteiger partial charge in [0.2, 0.25) is 0 Å². The Kier molecular flexibility index (Phi) is 5.07. The van der Waals surface area contributed by atoms with Crippen molar-refractivity contribution in [2.24, 2.45) is 5.73 Å². The molecule has 0 saturated heterocycles. The Morgan fingerprint density at radius 3 is 2.75 bits per heavy atom. The lowest BCUT2D eigenvalue weighted by Gasteiger charge is -2.24. The van der Waals surface area contributed by atoms with E-state index in [2.05, 4.69) is 9.97 Å². The van der Waals surface area contributed by atoms with Gasteiger partial charge in [0.05, 0.1) is 11.3 Å². The molecule has 2 rings (SSSR count). The molecule has 0 atom stereocenters. The van der Waals surface area contributed by atoms with Crippen molar-refractivity contribution in [3.8, 4) is 0 Å². The van der Waals surface area contributed by atoms with Crippen LogP contribution in [0.5, 0.6) is 0 Å². The molecule has 104 valence electrons. The Hall–Kier alpha value is -1.48. The highest BCUT2D eigenvalue weighted by molar-refractivity contribution is 14.1. The van der Waals surface area contributed by atoms with E-state index in [9.17, 15) is 4.79 Å². The number of halogens is 1. The van der Waals surface area contributed by atoms with Crippen LogP contribution in [0, 0.1) is 3.57 Å². The number of anilines is 2. The zero-order chi connectivity index (χ0) is 14.5.